The third-order valence-corrected chi connectivity index (χ3v) is 1.54. The van der Waals surface area contributed by atoms with Crippen LogP contribution in [0.1, 0.15) is 5.56 Å². The highest BCUT2D eigenvalue weighted by Gasteiger charge is 2.08. The fourth-order valence-corrected chi connectivity index (χ4v) is 0.878. The number of hydrogen-bond acceptors (Lipinski definition) is 2. The number of benzene rings is 1. The molecule has 1 aromatic carbocycles. The van der Waals surface area contributed by atoms with Gasteiger partial charge in [0.1, 0.15) is 0 Å². The van der Waals surface area contributed by atoms with Crippen molar-refractivity contribution in [3.05, 3.63) is 35.9 Å². The minimum atomic E-state index is -0.444. The number of rotatable bonds is 2. The molecular weight excluding hydrogens is 163 g/mol. The molecule has 0 aliphatic rings. The summed E-state index contributed by atoms with van der Waals surface area (Å²) in [7, 11) is 2.68. The molecule has 0 saturated heterocycles. The molecule has 0 radical (unpaired) electrons. The predicted molar refractivity (Wildman–Crippen MR) is 53.1 cm³/mol. The normalized spacial score (nSPS) is 8.77. The van der Waals surface area contributed by atoms with E-state index < -0.39 is 7.12 Å². The molecule has 0 fully saturated rings. The van der Waals surface area contributed by atoms with Crippen LogP contribution in [0.25, 0.3) is 0 Å². The van der Waals surface area contributed by atoms with Gasteiger partial charge in [0.15, 0.2) is 0 Å². The van der Waals surface area contributed by atoms with E-state index in [2.05, 4.69) is 11.7 Å². The van der Waals surface area contributed by atoms with Gasteiger partial charge in [-0.1, -0.05) is 29.9 Å². The molecule has 0 aliphatic carbocycles. The van der Waals surface area contributed by atoms with E-state index >= 15 is 0 Å². The Morgan fingerprint density at radius 2 is 1.69 bits per heavy atom. The van der Waals surface area contributed by atoms with Crippen LogP contribution in [0.5, 0.6) is 0 Å². The topological polar surface area (TPSA) is 18.5 Å². The van der Waals surface area contributed by atoms with E-state index in [4.69, 9.17) is 9.31 Å². The lowest BCUT2D eigenvalue weighted by atomic mass is 9.91. The standard InChI is InChI=1S/C10H11BO2/c1-12-11(13-2)9-8-10-6-4-3-5-7-10/h3-7H,1-2H3. The average molecular weight is 174 g/mol. The van der Waals surface area contributed by atoms with Crippen molar-refractivity contribution in [3.63, 3.8) is 0 Å². The van der Waals surface area contributed by atoms with Crippen LogP contribution >= 0.6 is 0 Å². The Morgan fingerprint density at radius 3 is 2.23 bits per heavy atom. The zero-order chi connectivity index (χ0) is 9.52. The Kier molecular flexibility index (Phi) is 4.10. The maximum atomic E-state index is 4.93. The van der Waals surface area contributed by atoms with E-state index in [0.717, 1.165) is 5.56 Å². The lowest BCUT2D eigenvalue weighted by molar-refractivity contribution is 0.293. The summed E-state index contributed by atoms with van der Waals surface area (Å²) in [5.41, 5.74) is 0.960. The van der Waals surface area contributed by atoms with Crippen molar-refractivity contribution in [1.82, 2.24) is 0 Å². The fourth-order valence-electron chi connectivity index (χ4n) is 0.878. The highest BCUT2D eigenvalue weighted by Crippen LogP contribution is 1.95. The Balaban J connectivity index is 2.66. The van der Waals surface area contributed by atoms with Crippen molar-refractivity contribution < 1.29 is 9.31 Å². The van der Waals surface area contributed by atoms with E-state index in [1.165, 1.54) is 0 Å². The van der Waals surface area contributed by atoms with Crippen molar-refractivity contribution in [2.45, 2.75) is 0 Å². The molecule has 1 aromatic rings. The maximum absolute atomic E-state index is 4.93. The van der Waals surface area contributed by atoms with E-state index in [-0.39, 0.29) is 0 Å². The van der Waals surface area contributed by atoms with Crippen molar-refractivity contribution in [1.29, 1.82) is 0 Å². The maximum Gasteiger partial charge on any atom is 0.550 e. The molecule has 0 unspecified atom stereocenters. The first-order valence-corrected chi connectivity index (χ1v) is 3.99. The summed E-state index contributed by atoms with van der Waals surface area (Å²) in [5.74, 6) is 5.79. The summed E-state index contributed by atoms with van der Waals surface area (Å²) < 4.78 is 9.85. The summed E-state index contributed by atoms with van der Waals surface area (Å²) in [6.45, 7) is 0. The minimum Gasteiger partial charge on any atom is -0.403 e. The van der Waals surface area contributed by atoms with Gasteiger partial charge in [-0.25, -0.2) is 0 Å². The second-order valence-corrected chi connectivity index (χ2v) is 2.44. The summed E-state index contributed by atoms with van der Waals surface area (Å²) in [5, 5.41) is 0. The molecule has 3 heteroatoms. The van der Waals surface area contributed by atoms with Crippen LogP contribution in [0.15, 0.2) is 30.3 Å². The zero-order valence-electron chi connectivity index (χ0n) is 7.78. The van der Waals surface area contributed by atoms with Gasteiger partial charge < -0.3 is 9.31 Å². The Hall–Kier alpha value is -1.24. The molecule has 13 heavy (non-hydrogen) atoms. The van der Waals surface area contributed by atoms with Crippen LogP contribution in [-0.2, 0) is 9.31 Å². The first kappa shape index (κ1) is 9.85. The monoisotopic (exact) mass is 174 g/mol. The van der Waals surface area contributed by atoms with Gasteiger partial charge in [-0.3, -0.25) is 0 Å². The highest BCUT2D eigenvalue weighted by molar-refractivity contribution is 6.54. The minimum absolute atomic E-state index is 0.444. The molecule has 0 bridgehead atoms. The number of hydrogen-bond donors (Lipinski definition) is 0. The molecule has 0 heterocycles. The Labute approximate surface area is 79.0 Å². The van der Waals surface area contributed by atoms with Crippen molar-refractivity contribution >= 4 is 7.12 Å². The summed E-state index contributed by atoms with van der Waals surface area (Å²) in [4.78, 5) is 0. The molecule has 0 spiro atoms. The Morgan fingerprint density at radius 1 is 1.08 bits per heavy atom. The van der Waals surface area contributed by atoms with Gasteiger partial charge in [-0.05, 0) is 12.1 Å². The van der Waals surface area contributed by atoms with Crippen molar-refractivity contribution in [2.24, 2.45) is 0 Å². The average Bonchev–Trinajstić information content (AvgIpc) is 2.21. The van der Waals surface area contributed by atoms with Gasteiger partial charge in [0.25, 0.3) is 0 Å². The van der Waals surface area contributed by atoms with Gasteiger partial charge >= 0.3 is 7.12 Å². The summed E-state index contributed by atoms with van der Waals surface area (Å²) in [6, 6.07) is 9.72. The largest absolute Gasteiger partial charge is 0.550 e. The van der Waals surface area contributed by atoms with Gasteiger partial charge in [0, 0.05) is 19.8 Å². The molecule has 0 amide bonds. The van der Waals surface area contributed by atoms with Gasteiger partial charge in [0.05, 0.1) is 0 Å². The van der Waals surface area contributed by atoms with Gasteiger partial charge in [-0.2, -0.15) is 0 Å². The van der Waals surface area contributed by atoms with Crippen LogP contribution in [0, 0.1) is 11.7 Å². The SMILES string of the molecule is COB(C#Cc1ccccc1)OC. The van der Waals surface area contributed by atoms with Crippen LogP contribution in [0.2, 0.25) is 0 Å². The van der Waals surface area contributed by atoms with Crippen LogP contribution in [0.3, 0.4) is 0 Å². The zero-order valence-corrected chi connectivity index (χ0v) is 7.78. The van der Waals surface area contributed by atoms with Crippen LogP contribution in [0.4, 0.5) is 0 Å². The van der Waals surface area contributed by atoms with Gasteiger partial charge in [0.2, 0.25) is 0 Å². The van der Waals surface area contributed by atoms with E-state index in [1.807, 2.05) is 30.3 Å². The molecule has 0 aromatic heterocycles. The highest BCUT2D eigenvalue weighted by atomic mass is 16.6. The van der Waals surface area contributed by atoms with Crippen LogP contribution in [-0.4, -0.2) is 21.3 Å². The van der Waals surface area contributed by atoms with Crippen molar-refractivity contribution in [2.75, 3.05) is 14.2 Å². The lowest BCUT2D eigenvalue weighted by Crippen LogP contribution is -2.16. The molecule has 66 valence electrons. The van der Waals surface area contributed by atoms with E-state index in [9.17, 15) is 0 Å². The first-order chi connectivity index (χ1) is 6.36. The fraction of sp³-hybridized carbons (Fsp3) is 0.200. The molecule has 0 aliphatic heterocycles. The van der Waals surface area contributed by atoms with E-state index in [0.29, 0.717) is 0 Å². The quantitative estimate of drug-likeness (QED) is 0.497. The molecule has 0 saturated carbocycles. The molecule has 1 rings (SSSR count). The molecule has 0 N–H and O–H groups in total. The third kappa shape index (κ3) is 3.33. The molecule has 0 atom stereocenters. The smallest absolute Gasteiger partial charge is 0.403 e. The lowest BCUT2D eigenvalue weighted by Gasteiger charge is -1.97. The van der Waals surface area contributed by atoms with Crippen LogP contribution < -0.4 is 0 Å². The molecular formula is C10H11BO2. The predicted octanol–water partition coefficient (Wildman–Crippen LogP) is 1.36. The Bertz CT molecular complexity index is 296. The first-order valence-electron chi connectivity index (χ1n) is 3.99. The second-order valence-electron chi connectivity index (χ2n) is 2.44. The van der Waals surface area contributed by atoms with Crippen molar-refractivity contribution in [3.8, 4) is 11.7 Å². The third-order valence-electron chi connectivity index (χ3n) is 1.54. The van der Waals surface area contributed by atoms with E-state index in [1.54, 1.807) is 14.2 Å². The second kappa shape index (κ2) is 5.42. The molecule has 2 nitrogen and oxygen atoms in total. The summed E-state index contributed by atoms with van der Waals surface area (Å²) >= 11 is 0. The summed E-state index contributed by atoms with van der Waals surface area (Å²) in [6.07, 6.45) is 0. The van der Waals surface area contributed by atoms with Gasteiger partial charge in [-0.15, -0.1) is 0 Å².